The van der Waals surface area contributed by atoms with E-state index in [0.29, 0.717) is 18.7 Å². The highest BCUT2D eigenvalue weighted by atomic mass is 32.2. The average Bonchev–Trinajstić information content (AvgIpc) is 3.08. The quantitative estimate of drug-likeness (QED) is 0.467. The number of sulfonamides is 1. The number of hydrogen-bond acceptors (Lipinski definition) is 8. The van der Waals surface area contributed by atoms with Gasteiger partial charge in [-0.05, 0) is 39.0 Å². The predicted molar refractivity (Wildman–Crippen MR) is 106 cm³/mol. The number of nitrogens with zero attached hydrogens (tertiary/aromatic N) is 3. The fourth-order valence-electron chi connectivity index (χ4n) is 2.38. The van der Waals surface area contributed by atoms with E-state index in [-0.39, 0.29) is 27.7 Å². The molecule has 28 heavy (non-hydrogen) atoms. The van der Waals surface area contributed by atoms with Crippen molar-refractivity contribution in [3.8, 4) is 11.5 Å². The summed E-state index contributed by atoms with van der Waals surface area (Å²) >= 11 is 1.07. The van der Waals surface area contributed by atoms with E-state index < -0.39 is 15.6 Å². The van der Waals surface area contributed by atoms with Gasteiger partial charge in [-0.1, -0.05) is 31.7 Å². The third-order valence-electron chi connectivity index (χ3n) is 3.56. The highest BCUT2D eigenvalue weighted by molar-refractivity contribution is 7.99. The van der Waals surface area contributed by atoms with Crippen LogP contribution in [0.15, 0.2) is 38.8 Å². The fraction of sp³-hybridized carbons (Fsp3) is 0.500. The van der Waals surface area contributed by atoms with Gasteiger partial charge in [-0.25, -0.2) is 8.42 Å². The van der Waals surface area contributed by atoms with Crippen LogP contribution in [0.25, 0.3) is 11.5 Å². The van der Waals surface area contributed by atoms with E-state index in [9.17, 15) is 13.2 Å². The Bertz CT molecular complexity index is 915. The Labute approximate surface area is 169 Å². The van der Waals surface area contributed by atoms with Gasteiger partial charge in [0.2, 0.25) is 15.9 Å². The van der Waals surface area contributed by atoms with Gasteiger partial charge < -0.3 is 9.15 Å². The Balaban J connectivity index is 2.14. The van der Waals surface area contributed by atoms with Crippen LogP contribution in [0.3, 0.4) is 0 Å². The molecule has 0 radical (unpaired) electrons. The van der Waals surface area contributed by atoms with Crippen LogP contribution in [0.1, 0.15) is 34.6 Å². The van der Waals surface area contributed by atoms with Crippen LogP contribution in [0.5, 0.6) is 0 Å². The van der Waals surface area contributed by atoms with Crippen molar-refractivity contribution in [1.29, 1.82) is 0 Å². The Morgan fingerprint density at radius 3 is 2.50 bits per heavy atom. The summed E-state index contributed by atoms with van der Waals surface area (Å²) in [5.41, 5.74) is -0.0705. The SMILES string of the molecule is CCN(CC)S(=O)(=O)c1cccc(-c2nnc(SCC(=O)OC(C)(C)C)o2)c1. The number of rotatable bonds is 8. The molecule has 0 aliphatic carbocycles. The molecule has 0 unspecified atom stereocenters. The van der Waals surface area contributed by atoms with Crippen molar-refractivity contribution in [2.24, 2.45) is 0 Å². The Morgan fingerprint density at radius 1 is 1.21 bits per heavy atom. The van der Waals surface area contributed by atoms with Gasteiger partial charge in [0.05, 0.1) is 4.90 Å². The van der Waals surface area contributed by atoms with Crippen LogP contribution in [-0.2, 0) is 19.6 Å². The molecular weight excluding hydrogens is 402 g/mol. The third-order valence-corrected chi connectivity index (χ3v) is 6.40. The predicted octanol–water partition coefficient (Wildman–Crippen LogP) is 3.20. The van der Waals surface area contributed by atoms with Gasteiger partial charge in [-0.2, -0.15) is 4.31 Å². The second kappa shape index (κ2) is 9.06. The average molecular weight is 428 g/mol. The lowest BCUT2D eigenvalue weighted by Gasteiger charge is -2.18. The van der Waals surface area contributed by atoms with E-state index in [1.165, 1.54) is 16.4 Å². The molecule has 0 N–H and O–H groups in total. The molecular formula is C18H25N3O5S2. The lowest BCUT2D eigenvalue weighted by molar-refractivity contribution is -0.151. The topological polar surface area (TPSA) is 103 Å². The number of aromatic nitrogens is 2. The highest BCUT2D eigenvalue weighted by Gasteiger charge is 2.23. The van der Waals surface area contributed by atoms with Crippen LogP contribution in [0, 0.1) is 0 Å². The molecule has 0 spiro atoms. The molecule has 0 aliphatic heterocycles. The summed E-state index contributed by atoms with van der Waals surface area (Å²) in [5, 5.41) is 8.05. The molecule has 0 bridgehead atoms. The van der Waals surface area contributed by atoms with E-state index >= 15 is 0 Å². The maximum atomic E-state index is 12.7. The van der Waals surface area contributed by atoms with Gasteiger partial charge in [-0.15, -0.1) is 10.2 Å². The number of esters is 1. The molecule has 0 fully saturated rings. The lowest BCUT2D eigenvalue weighted by atomic mass is 10.2. The second-order valence-electron chi connectivity index (χ2n) is 6.87. The maximum absolute atomic E-state index is 12.7. The molecule has 0 saturated heterocycles. The molecule has 0 atom stereocenters. The van der Waals surface area contributed by atoms with Gasteiger partial charge in [0.25, 0.3) is 5.22 Å². The van der Waals surface area contributed by atoms with E-state index in [4.69, 9.17) is 9.15 Å². The second-order valence-corrected chi connectivity index (χ2v) is 9.73. The number of hydrogen-bond donors (Lipinski definition) is 0. The van der Waals surface area contributed by atoms with Crippen LogP contribution >= 0.6 is 11.8 Å². The van der Waals surface area contributed by atoms with Crippen molar-refractivity contribution < 1.29 is 22.4 Å². The Hall–Kier alpha value is -1.91. The number of thioether (sulfide) groups is 1. The van der Waals surface area contributed by atoms with E-state index in [0.717, 1.165) is 11.8 Å². The number of carbonyl (C=O) groups is 1. The summed E-state index contributed by atoms with van der Waals surface area (Å²) in [6, 6.07) is 6.36. The van der Waals surface area contributed by atoms with Crippen molar-refractivity contribution in [2.75, 3.05) is 18.8 Å². The summed E-state index contributed by atoms with van der Waals surface area (Å²) < 4.78 is 37.5. The van der Waals surface area contributed by atoms with Gasteiger partial charge >= 0.3 is 5.97 Å². The van der Waals surface area contributed by atoms with E-state index in [1.54, 1.807) is 46.8 Å². The summed E-state index contributed by atoms with van der Waals surface area (Å²) in [6.07, 6.45) is 0. The number of ether oxygens (including phenoxy) is 1. The van der Waals surface area contributed by atoms with Crippen molar-refractivity contribution in [3.63, 3.8) is 0 Å². The maximum Gasteiger partial charge on any atom is 0.316 e. The van der Waals surface area contributed by atoms with E-state index in [1.807, 2.05) is 0 Å². The van der Waals surface area contributed by atoms with Crippen LogP contribution in [0.4, 0.5) is 0 Å². The van der Waals surface area contributed by atoms with Crippen molar-refractivity contribution in [2.45, 2.75) is 50.3 Å². The number of carbonyl (C=O) groups excluding carboxylic acids is 1. The summed E-state index contributed by atoms with van der Waals surface area (Å²) in [6.45, 7) is 9.72. The largest absolute Gasteiger partial charge is 0.459 e. The Kier molecular flexibility index (Phi) is 7.24. The minimum absolute atomic E-state index is 0.0370. The molecule has 1 aromatic heterocycles. The van der Waals surface area contributed by atoms with Crippen molar-refractivity contribution in [3.05, 3.63) is 24.3 Å². The molecule has 0 saturated carbocycles. The standard InChI is InChI=1S/C18H25N3O5S2/c1-6-21(7-2)28(23,24)14-10-8-9-13(11-14)16-19-20-17(25-16)27-12-15(22)26-18(3,4)5/h8-11H,6-7,12H2,1-5H3. The lowest BCUT2D eigenvalue weighted by Crippen LogP contribution is -2.30. The van der Waals surface area contributed by atoms with Crippen LogP contribution < -0.4 is 0 Å². The smallest absolute Gasteiger partial charge is 0.316 e. The molecule has 1 aromatic carbocycles. The summed E-state index contributed by atoms with van der Waals surface area (Å²) in [5.74, 6) is -0.164. The minimum Gasteiger partial charge on any atom is -0.459 e. The molecule has 154 valence electrons. The molecule has 1 heterocycles. The monoisotopic (exact) mass is 427 g/mol. The minimum atomic E-state index is -3.59. The van der Waals surface area contributed by atoms with Gasteiger partial charge in [0.1, 0.15) is 11.4 Å². The first-order valence-electron chi connectivity index (χ1n) is 8.85. The number of benzene rings is 1. The first kappa shape index (κ1) is 22.4. The molecule has 8 nitrogen and oxygen atoms in total. The third kappa shape index (κ3) is 5.79. The molecule has 0 aliphatic rings. The zero-order valence-electron chi connectivity index (χ0n) is 16.6. The fourth-order valence-corrected chi connectivity index (χ4v) is 4.42. The first-order valence-corrected chi connectivity index (χ1v) is 11.3. The van der Waals surface area contributed by atoms with Gasteiger partial charge in [0.15, 0.2) is 0 Å². The summed E-state index contributed by atoms with van der Waals surface area (Å²) in [7, 11) is -3.59. The zero-order chi connectivity index (χ0) is 20.9. The molecule has 0 amide bonds. The van der Waals surface area contributed by atoms with Crippen LogP contribution in [0.2, 0.25) is 0 Å². The van der Waals surface area contributed by atoms with Crippen molar-refractivity contribution in [1.82, 2.24) is 14.5 Å². The zero-order valence-corrected chi connectivity index (χ0v) is 18.3. The first-order chi connectivity index (χ1) is 13.1. The molecule has 2 rings (SSSR count). The van der Waals surface area contributed by atoms with Crippen LogP contribution in [-0.4, -0.2) is 53.3 Å². The summed E-state index contributed by atoms with van der Waals surface area (Å²) in [4.78, 5) is 11.9. The van der Waals surface area contributed by atoms with E-state index in [2.05, 4.69) is 10.2 Å². The van der Waals surface area contributed by atoms with Crippen molar-refractivity contribution >= 4 is 27.8 Å². The molecule has 10 heteroatoms. The molecule has 2 aromatic rings. The van der Waals surface area contributed by atoms with Gasteiger partial charge in [0, 0.05) is 18.7 Å². The Morgan fingerprint density at radius 2 is 1.89 bits per heavy atom. The normalized spacial score (nSPS) is 12.4. The highest BCUT2D eigenvalue weighted by Crippen LogP contribution is 2.26. The van der Waals surface area contributed by atoms with Gasteiger partial charge in [-0.3, -0.25) is 4.79 Å².